The number of hydrogen-bond acceptors (Lipinski definition) is 2. The highest BCUT2D eigenvalue weighted by molar-refractivity contribution is 9.09. The average molecular weight is 245 g/mol. The van der Waals surface area contributed by atoms with E-state index in [1.807, 2.05) is 24.3 Å². The van der Waals surface area contributed by atoms with E-state index in [2.05, 4.69) is 28.6 Å². The fourth-order valence-corrected chi connectivity index (χ4v) is 1.24. The Hall–Kier alpha value is -0.280. The summed E-state index contributed by atoms with van der Waals surface area (Å²) in [6.07, 6.45) is 0.499. The van der Waals surface area contributed by atoms with Crippen LogP contribution in [0.15, 0.2) is 29.2 Å². The second kappa shape index (κ2) is 4.67. The third-order valence-corrected chi connectivity index (χ3v) is 2.41. The lowest BCUT2D eigenvalue weighted by Crippen LogP contribution is -2.02. The van der Waals surface area contributed by atoms with Crippen LogP contribution in [0.1, 0.15) is 5.56 Å². The van der Waals surface area contributed by atoms with Gasteiger partial charge in [0.25, 0.3) is 0 Å². The molecule has 0 aliphatic carbocycles. The minimum Gasteiger partial charge on any atom is -0.298 e. The smallest absolute Gasteiger partial charge is 0.147 e. The standard InChI is InChI=1S/C9H9BrOS/c10-6-8(11)5-7-1-3-9(12)4-2-7/h1-4,12H,5-6H2. The number of alkyl halides is 1. The number of Topliss-reactive ketones (excluding diaryl/α,β-unsaturated/α-hetero) is 1. The number of benzene rings is 1. The van der Waals surface area contributed by atoms with E-state index in [1.54, 1.807) is 0 Å². The van der Waals surface area contributed by atoms with Crippen molar-refractivity contribution in [3.8, 4) is 0 Å². The van der Waals surface area contributed by atoms with Gasteiger partial charge in [0.1, 0.15) is 5.78 Å². The molecule has 0 N–H and O–H groups in total. The van der Waals surface area contributed by atoms with Gasteiger partial charge in [-0.05, 0) is 17.7 Å². The second-order valence-corrected chi connectivity index (χ2v) is 3.59. The molecule has 64 valence electrons. The van der Waals surface area contributed by atoms with Crippen molar-refractivity contribution in [2.75, 3.05) is 5.33 Å². The van der Waals surface area contributed by atoms with E-state index in [4.69, 9.17) is 0 Å². The minimum absolute atomic E-state index is 0.196. The summed E-state index contributed by atoms with van der Waals surface area (Å²) in [6, 6.07) is 7.62. The van der Waals surface area contributed by atoms with Gasteiger partial charge >= 0.3 is 0 Å². The number of carbonyl (C=O) groups is 1. The second-order valence-electron chi connectivity index (χ2n) is 2.52. The van der Waals surface area contributed by atoms with Crippen molar-refractivity contribution in [3.05, 3.63) is 29.8 Å². The number of thiol groups is 1. The number of rotatable bonds is 3. The molecule has 0 bridgehead atoms. The molecule has 1 nitrogen and oxygen atoms in total. The van der Waals surface area contributed by atoms with Crippen molar-refractivity contribution < 1.29 is 4.79 Å². The molecule has 0 aliphatic rings. The predicted molar refractivity (Wildman–Crippen MR) is 56.2 cm³/mol. The Balaban J connectivity index is 2.64. The first-order valence-electron chi connectivity index (χ1n) is 3.58. The van der Waals surface area contributed by atoms with Crippen LogP contribution in [0.4, 0.5) is 0 Å². The molecule has 0 saturated carbocycles. The summed E-state index contributed by atoms with van der Waals surface area (Å²) in [7, 11) is 0. The molecule has 0 amide bonds. The summed E-state index contributed by atoms with van der Waals surface area (Å²) < 4.78 is 0. The van der Waals surface area contributed by atoms with Crippen LogP contribution in [-0.2, 0) is 11.2 Å². The maximum absolute atomic E-state index is 11.0. The molecule has 12 heavy (non-hydrogen) atoms. The molecule has 0 atom stereocenters. The highest BCUT2D eigenvalue weighted by atomic mass is 79.9. The lowest BCUT2D eigenvalue weighted by atomic mass is 10.1. The Bertz CT molecular complexity index is 268. The molecule has 1 aromatic rings. The summed E-state index contributed by atoms with van der Waals surface area (Å²) in [4.78, 5) is 11.9. The van der Waals surface area contributed by atoms with E-state index >= 15 is 0 Å². The van der Waals surface area contributed by atoms with Gasteiger partial charge in [-0.25, -0.2) is 0 Å². The molecular formula is C9H9BrOS. The normalized spacial score (nSPS) is 9.83. The molecule has 0 spiro atoms. The van der Waals surface area contributed by atoms with Gasteiger partial charge in [-0.1, -0.05) is 28.1 Å². The van der Waals surface area contributed by atoms with Crippen LogP contribution < -0.4 is 0 Å². The van der Waals surface area contributed by atoms with Crippen molar-refractivity contribution in [1.29, 1.82) is 0 Å². The summed E-state index contributed by atoms with van der Waals surface area (Å²) in [5, 5.41) is 0.426. The Morgan fingerprint density at radius 3 is 2.42 bits per heavy atom. The largest absolute Gasteiger partial charge is 0.298 e. The fourth-order valence-electron chi connectivity index (χ4n) is 0.889. The topological polar surface area (TPSA) is 17.1 Å². The van der Waals surface area contributed by atoms with Gasteiger partial charge in [0.05, 0.1) is 5.33 Å². The third kappa shape index (κ3) is 2.99. The summed E-state index contributed by atoms with van der Waals surface area (Å²) >= 11 is 7.27. The molecule has 0 fully saturated rings. The average Bonchev–Trinajstić information content (AvgIpc) is 2.09. The van der Waals surface area contributed by atoms with Crippen LogP contribution in [0.25, 0.3) is 0 Å². The predicted octanol–water partition coefficient (Wildman–Crippen LogP) is 2.48. The third-order valence-electron chi connectivity index (χ3n) is 1.49. The van der Waals surface area contributed by atoms with Crippen LogP contribution in [0.5, 0.6) is 0 Å². The van der Waals surface area contributed by atoms with Crippen molar-refractivity contribution >= 4 is 34.3 Å². The number of carbonyl (C=O) groups excluding carboxylic acids is 1. The SMILES string of the molecule is O=C(CBr)Cc1ccc(S)cc1. The van der Waals surface area contributed by atoms with Crippen molar-refractivity contribution in [2.45, 2.75) is 11.3 Å². The lowest BCUT2D eigenvalue weighted by molar-refractivity contribution is -0.115. The van der Waals surface area contributed by atoms with Crippen LogP contribution in [0, 0.1) is 0 Å². The molecule has 0 radical (unpaired) electrons. The Kier molecular flexibility index (Phi) is 3.82. The summed E-state index contributed by atoms with van der Waals surface area (Å²) in [5.41, 5.74) is 1.04. The van der Waals surface area contributed by atoms with Crippen molar-refractivity contribution in [1.82, 2.24) is 0 Å². The van der Waals surface area contributed by atoms with Gasteiger partial charge in [0.2, 0.25) is 0 Å². The van der Waals surface area contributed by atoms with Crippen LogP contribution in [-0.4, -0.2) is 11.1 Å². The van der Waals surface area contributed by atoms with Gasteiger partial charge in [0, 0.05) is 11.3 Å². The van der Waals surface area contributed by atoms with E-state index in [0.717, 1.165) is 10.5 Å². The molecule has 0 aromatic heterocycles. The minimum atomic E-state index is 0.196. The van der Waals surface area contributed by atoms with E-state index in [-0.39, 0.29) is 5.78 Å². The first-order chi connectivity index (χ1) is 5.72. The van der Waals surface area contributed by atoms with Crippen LogP contribution >= 0.6 is 28.6 Å². The molecule has 1 aromatic carbocycles. The summed E-state index contributed by atoms with van der Waals surface area (Å²) in [6.45, 7) is 0. The Morgan fingerprint density at radius 2 is 1.92 bits per heavy atom. The highest BCUT2D eigenvalue weighted by Gasteiger charge is 2.00. The number of halogens is 1. The molecule has 3 heteroatoms. The zero-order chi connectivity index (χ0) is 8.97. The molecule has 0 saturated heterocycles. The van der Waals surface area contributed by atoms with Gasteiger partial charge < -0.3 is 0 Å². The molecule has 1 rings (SSSR count). The fraction of sp³-hybridized carbons (Fsp3) is 0.222. The number of ketones is 1. The van der Waals surface area contributed by atoms with Gasteiger partial charge in [-0.15, -0.1) is 12.6 Å². The maximum atomic E-state index is 11.0. The summed E-state index contributed by atoms with van der Waals surface area (Å²) in [5.74, 6) is 0.196. The van der Waals surface area contributed by atoms with Crippen LogP contribution in [0.2, 0.25) is 0 Å². The quantitative estimate of drug-likeness (QED) is 0.639. The first kappa shape index (κ1) is 9.81. The Labute approximate surface area is 85.7 Å². The van der Waals surface area contributed by atoms with E-state index in [1.165, 1.54) is 0 Å². The zero-order valence-corrected chi connectivity index (χ0v) is 8.94. The van der Waals surface area contributed by atoms with E-state index < -0.39 is 0 Å². The Morgan fingerprint density at radius 1 is 1.33 bits per heavy atom. The first-order valence-corrected chi connectivity index (χ1v) is 5.15. The van der Waals surface area contributed by atoms with E-state index in [0.29, 0.717) is 11.8 Å². The van der Waals surface area contributed by atoms with Gasteiger partial charge in [-0.2, -0.15) is 0 Å². The zero-order valence-electron chi connectivity index (χ0n) is 6.46. The van der Waals surface area contributed by atoms with Crippen molar-refractivity contribution in [3.63, 3.8) is 0 Å². The monoisotopic (exact) mass is 244 g/mol. The lowest BCUT2D eigenvalue weighted by Gasteiger charge is -1.98. The van der Waals surface area contributed by atoms with Gasteiger partial charge in [-0.3, -0.25) is 4.79 Å². The van der Waals surface area contributed by atoms with Crippen LogP contribution in [0.3, 0.4) is 0 Å². The molecular weight excluding hydrogens is 236 g/mol. The highest BCUT2D eigenvalue weighted by Crippen LogP contribution is 2.08. The van der Waals surface area contributed by atoms with Gasteiger partial charge in [0.15, 0.2) is 0 Å². The molecule has 0 heterocycles. The molecule has 0 unspecified atom stereocenters. The van der Waals surface area contributed by atoms with E-state index in [9.17, 15) is 4.79 Å². The molecule has 0 aliphatic heterocycles. The van der Waals surface area contributed by atoms with Crippen molar-refractivity contribution in [2.24, 2.45) is 0 Å². The maximum Gasteiger partial charge on any atom is 0.147 e. The number of hydrogen-bond donors (Lipinski definition) is 1.